The van der Waals surface area contributed by atoms with E-state index in [-0.39, 0.29) is 18.2 Å². The molecule has 5 heterocycles. The summed E-state index contributed by atoms with van der Waals surface area (Å²) in [4.78, 5) is 47.6. The smallest absolute Gasteiger partial charge is 0.441 e. The van der Waals surface area contributed by atoms with Crippen LogP contribution in [0, 0.1) is 24.2 Å². The number of likely N-dealkylation sites (tertiary alicyclic amines) is 1. The zero-order chi connectivity index (χ0) is 32.0. The Hall–Kier alpha value is -3.59. The predicted molar refractivity (Wildman–Crippen MR) is 145 cm³/mol. The average Bonchev–Trinajstić information content (AvgIpc) is 3.42. The van der Waals surface area contributed by atoms with Gasteiger partial charge in [0.25, 0.3) is 5.91 Å². The van der Waals surface area contributed by atoms with E-state index in [2.05, 4.69) is 20.0 Å². The molecule has 15 heteroatoms. The number of aryl methyl sites for hydroxylation is 1. The lowest BCUT2D eigenvalue weighted by atomic mass is 9.90. The van der Waals surface area contributed by atoms with E-state index >= 15 is 0 Å². The minimum absolute atomic E-state index is 0.212. The maximum absolute atomic E-state index is 13.8. The van der Waals surface area contributed by atoms with Crippen molar-refractivity contribution in [2.45, 2.75) is 58.1 Å². The molecular weight excluding hydrogens is 614 g/mol. The quantitative estimate of drug-likeness (QED) is 0.225. The Balaban J connectivity index is 1.36. The van der Waals surface area contributed by atoms with Gasteiger partial charge in [-0.3, -0.25) is 19.5 Å². The number of hydrogen-bond acceptors (Lipinski definition) is 8. The number of pyridine rings is 2. The van der Waals surface area contributed by atoms with Crippen molar-refractivity contribution in [1.82, 2.24) is 20.2 Å². The predicted octanol–water partition coefficient (Wildman–Crippen LogP) is 5.21. The molecule has 0 aromatic carbocycles. The van der Waals surface area contributed by atoms with E-state index in [1.54, 1.807) is 19.1 Å². The highest BCUT2D eigenvalue weighted by Crippen LogP contribution is 2.69. The largest absolute Gasteiger partial charge is 0.490 e. The first-order chi connectivity index (χ1) is 20.5. The molecule has 0 spiro atoms. The van der Waals surface area contributed by atoms with Crippen LogP contribution >= 0.6 is 11.3 Å². The summed E-state index contributed by atoms with van der Waals surface area (Å²) in [6.45, 7) is 5.52. The summed E-state index contributed by atoms with van der Waals surface area (Å²) in [6, 6.07) is 4.21. The van der Waals surface area contributed by atoms with E-state index in [1.807, 2.05) is 0 Å². The van der Waals surface area contributed by atoms with Gasteiger partial charge in [0.15, 0.2) is 0 Å². The van der Waals surface area contributed by atoms with Gasteiger partial charge >= 0.3 is 18.3 Å². The number of carbonyl (C=O) groups is 3. The molecule has 3 fully saturated rings. The van der Waals surface area contributed by atoms with Crippen LogP contribution in [0.1, 0.15) is 42.1 Å². The minimum Gasteiger partial charge on any atom is -0.441 e. The first-order valence-corrected chi connectivity index (χ1v) is 14.6. The summed E-state index contributed by atoms with van der Waals surface area (Å²) in [5.74, 6) is -5.43. The third-order valence-electron chi connectivity index (χ3n) is 8.91. The molecule has 3 aromatic rings. The first kappa shape index (κ1) is 30.4. The second kappa shape index (κ2) is 9.96. The normalized spacial score (nSPS) is 24.7. The van der Waals surface area contributed by atoms with Gasteiger partial charge in [0, 0.05) is 27.7 Å². The molecule has 8 nitrogen and oxygen atoms in total. The second-order valence-electron chi connectivity index (χ2n) is 12.0. The minimum atomic E-state index is -5.35. The maximum Gasteiger partial charge on any atom is 0.490 e. The average molecular weight is 641 g/mol. The number of hydrogen-bond donors (Lipinski definition) is 1. The van der Waals surface area contributed by atoms with Crippen LogP contribution < -0.4 is 5.32 Å². The topological polar surface area (TPSA) is 101 Å². The van der Waals surface area contributed by atoms with E-state index < -0.39 is 52.8 Å². The number of esters is 1. The summed E-state index contributed by atoms with van der Waals surface area (Å²) in [5.41, 5.74) is -2.45. The standard InChI is InChI=1S/C29H26F6N4O4S/c1-13-17(8-14-4-6-36-11-14)18(10-20(38-13)28(30,31)32)16-5-7-37-19-9-15(44-21(16)19)12-39-23(40)22-26(2,3)27(22,24(39)41)43-25(42)29(33,34)35/h5,7,9-10,14,22,36H,4,6,8,11-12H2,1-3H3. The molecule has 3 unspecified atom stereocenters. The Kier molecular flexibility index (Phi) is 6.89. The third kappa shape index (κ3) is 4.66. The van der Waals surface area contributed by atoms with Gasteiger partial charge in [0.05, 0.1) is 22.7 Å². The van der Waals surface area contributed by atoms with Crippen molar-refractivity contribution in [3.8, 4) is 11.1 Å². The molecule has 1 N–H and O–H groups in total. The van der Waals surface area contributed by atoms with Gasteiger partial charge in [-0.25, -0.2) is 9.78 Å². The fourth-order valence-corrected chi connectivity index (χ4v) is 7.73. The first-order valence-electron chi connectivity index (χ1n) is 13.8. The molecule has 234 valence electrons. The molecule has 1 aliphatic carbocycles. The lowest BCUT2D eigenvalue weighted by Crippen LogP contribution is -2.45. The van der Waals surface area contributed by atoms with Gasteiger partial charge in [0.2, 0.25) is 11.5 Å². The summed E-state index contributed by atoms with van der Waals surface area (Å²) < 4.78 is 85.7. The van der Waals surface area contributed by atoms with Crippen molar-refractivity contribution in [2.24, 2.45) is 17.3 Å². The third-order valence-corrected chi connectivity index (χ3v) is 10.0. The van der Waals surface area contributed by atoms with Crippen molar-refractivity contribution in [1.29, 1.82) is 0 Å². The van der Waals surface area contributed by atoms with E-state index in [4.69, 9.17) is 0 Å². The van der Waals surface area contributed by atoms with Gasteiger partial charge in [0.1, 0.15) is 5.69 Å². The van der Waals surface area contributed by atoms with E-state index in [9.17, 15) is 40.7 Å². The van der Waals surface area contributed by atoms with E-state index in [0.29, 0.717) is 38.2 Å². The van der Waals surface area contributed by atoms with Crippen LogP contribution in [0.25, 0.3) is 21.3 Å². The van der Waals surface area contributed by atoms with Crippen molar-refractivity contribution < 1.29 is 45.5 Å². The molecule has 2 amide bonds. The summed E-state index contributed by atoms with van der Waals surface area (Å²) in [7, 11) is 0. The summed E-state index contributed by atoms with van der Waals surface area (Å²) >= 11 is 1.10. The van der Waals surface area contributed by atoms with Gasteiger partial charge in [-0.15, -0.1) is 11.3 Å². The van der Waals surface area contributed by atoms with Crippen LogP contribution in [0.15, 0.2) is 24.4 Å². The molecule has 1 saturated carbocycles. The molecule has 0 bridgehead atoms. The number of rotatable bonds is 6. The molecule has 3 atom stereocenters. The van der Waals surface area contributed by atoms with Gasteiger partial charge < -0.3 is 10.1 Å². The lowest BCUT2D eigenvalue weighted by molar-refractivity contribution is -0.209. The molecule has 44 heavy (non-hydrogen) atoms. The van der Waals surface area contributed by atoms with Gasteiger partial charge in [-0.05, 0) is 68.1 Å². The Labute approximate surface area is 250 Å². The number of halogens is 6. The summed E-state index contributed by atoms with van der Waals surface area (Å²) in [5, 5.41) is 3.26. The monoisotopic (exact) mass is 640 g/mol. The fraction of sp³-hybridized carbons (Fsp3) is 0.483. The second-order valence-corrected chi connectivity index (χ2v) is 13.1. The SMILES string of the molecule is Cc1nc(C(F)(F)F)cc(-c2ccnc3cc(CN4C(=O)C5C(C)(C)C5(OC(=O)C(F)(F)F)C4=O)sc23)c1CC1CCNC1. The fourth-order valence-electron chi connectivity index (χ4n) is 6.60. The van der Waals surface area contributed by atoms with Gasteiger partial charge in [-0.1, -0.05) is 13.8 Å². The van der Waals surface area contributed by atoms with Crippen LogP contribution in [0.2, 0.25) is 0 Å². The Morgan fingerprint density at radius 2 is 1.89 bits per heavy atom. The van der Waals surface area contributed by atoms with E-state index in [1.165, 1.54) is 20.0 Å². The van der Waals surface area contributed by atoms with Crippen molar-refractivity contribution in [3.63, 3.8) is 0 Å². The van der Waals surface area contributed by atoms with E-state index in [0.717, 1.165) is 41.8 Å². The van der Waals surface area contributed by atoms with Crippen LogP contribution in [0.5, 0.6) is 0 Å². The molecule has 2 aliphatic heterocycles. The van der Waals surface area contributed by atoms with Crippen LogP contribution in [0.3, 0.4) is 0 Å². The van der Waals surface area contributed by atoms with Crippen molar-refractivity contribution >= 4 is 39.3 Å². The molecule has 2 saturated heterocycles. The molecule has 0 radical (unpaired) electrons. The molecule has 3 aliphatic rings. The number of ether oxygens (including phenoxy) is 1. The number of nitrogens with one attached hydrogen (secondary N) is 1. The van der Waals surface area contributed by atoms with Crippen LogP contribution in [0.4, 0.5) is 26.3 Å². The number of piperidine rings is 1. The van der Waals surface area contributed by atoms with Crippen LogP contribution in [-0.2, 0) is 38.3 Å². The number of alkyl halides is 6. The van der Waals surface area contributed by atoms with Gasteiger partial charge in [-0.2, -0.15) is 26.3 Å². The molecule has 6 rings (SSSR count). The maximum atomic E-state index is 13.8. The number of amides is 2. The number of carbonyl (C=O) groups excluding carboxylic acids is 3. The lowest BCUT2D eigenvalue weighted by Gasteiger charge is -2.24. The Bertz CT molecular complexity index is 1710. The number of imide groups is 1. The highest BCUT2D eigenvalue weighted by atomic mass is 32.1. The number of thiophene rings is 1. The Morgan fingerprint density at radius 3 is 2.52 bits per heavy atom. The van der Waals surface area contributed by atoms with Crippen LogP contribution in [-0.4, -0.2) is 57.5 Å². The number of nitrogens with zero attached hydrogens (tertiary/aromatic N) is 3. The zero-order valence-corrected chi connectivity index (χ0v) is 24.5. The van der Waals surface area contributed by atoms with Crippen molar-refractivity contribution in [3.05, 3.63) is 46.2 Å². The van der Waals surface area contributed by atoms with Crippen molar-refractivity contribution in [2.75, 3.05) is 13.1 Å². The highest BCUT2D eigenvalue weighted by molar-refractivity contribution is 7.19. The molecule has 3 aromatic heterocycles. The highest BCUT2D eigenvalue weighted by Gasteiger charge is 2.88. The zero-order valence-electron chi connectivity index (χ0n) is 23.7. The summed E-state index contributed by atoms with van der Waals surface area (Å²) in [6.07, 6.45) is -7.21. The number of aromatic nitrogens is 2. The Morgan fingerprint density at radius 1 is 1.16 bits per heavy atom. The molecular formula is C29H26F6N4O4S. The number of fused-ring (bicyclic) bond motifs is 2.